The van der Waals surface area contributed by atoms with Gasteiger partial charge in [0.05, 0.1) is 6.54 Å². The zero-order chi connectivity index (χ0) is 17.1. The van der Waals surface area contributed by atoms with Crippen molar-refractivity contribution in [1.82, 2.24) is 10.6 Å². The molecule has 0 heterocycles. The van der Waals surface area contributed by atoms with E-state index in [0.717, 1.165) is 5.56 Å². The van der Waals surface area contributed by atoms with E-state index in [4.69, 9.17) is 14.7 Å². The highest BCUT2D eigenvalue weighted by Gasteiger charge is 2.09. The van der Waals surface area contributed by atoms with Gasteiger partial charge in [0.1, 0.15) is 17.4 Å². The van der Waals surface area contributed by atoms with Gasteiger partial charge in [-0.2, -0.15) is 5.26 Å². The molecule has 0 unspecified atom stereocenters. The molecule has 1 rings (SSSR count). The number of nitrogens with zero attached hydrogens (tertiary/aromatic N) is 1. The molecule has 0 radical (unpaired) electrons. The van der Waals surface area contributed by atoms with Crippen LogP contribution in [0.3, 0.4) is 0 Å². The zero-order valence-electron chi connectivity index (χ0n) is 13.2. The Balaban J connectivity index is 2.41. The third kappa shape index (κ3) is 6.82. The van der Waals surface area contributed by atoms with Gasteiger partial charge in [-0.15, -0.1) is 0 Å². The topological polar surface area (TPSA) is 104 Å². The molecular weight excluding hydrogens is 298 g/mol. The van der Waals surface area contributed by atoms with Gasteiger partial charge in [-0.25, -0.2) is 0 Å². The van der Waals surface area contributed by atoms with Crippen LogP contribution in [0, 0.1) is 11.3 Å². The molecule has 0 fully saturated rings. The summed E-state index contributed by atoms with van der Waals surface area (Å²) >= 11 is 0. The summed E-state index contributed by atoms with van der Waals surface area (Å²) in [4.78, 5) is 11.9. The molecule has 3 N–H and O–H groups in total. The average Bonchev–Trinajstić information content (AvgIpc) is 2.57. The monoisotopic (exact) mass is 319 g/mol. The van der Waals surface area contributed by atoms with Crippen LogP contribution >= 0.6 is 0 Å². The summed E-state index contributed by atoms with van der Waals surface area (Å²) in [5.74, 6) is -0.255. The molecule has 7 heteroatoms. The smallest absolute Gasteiger partial charge is 0.263 e. The number of carbonyl (C=O) groups is 1. The van der Waals surface area contributed by atoms with Crippen LogP contribution in [0.2, 0.25) is 0 Å². The third-order valence-corrected chi connectivity index (χ3v) is 3.06. The summed E-state index contributed by atoms with van der Waals surface area (Å²) < 4.78 is 9.96. The number of methoxy groups -OCH3 is 2. The zero-order valence-corrected chi connectivity index (χ0v) is 13.2. The van der Waals surface area contributed by atoms with Crippen molar-refractivity contribution in [3.05, 3.63) is 41.6 Å². The quantitative estimate of drug-likeness (QED) is 0.351. The predicted octanol–water partition coefficient (Wildman–Crippen LogP) is 0.667. The first kappa shape index (κ1) is 18.5. The number of ether oxygens (including phenoxy) is 2. The summed E-state index contributed by atoms with van der Waals surface area (Å²) in [7, 11) is 3.00. The number of hydrogen-bond donors (Lipinski definition) is 3. The molecule has 0 aliphatic heterocycles. The van der Waals surface area contributed by atoms with Gasteiger partial charge in [0.15, 0.2) is 6.29 Å². The van der Waals surface area contributed by atoms with Crippen molar-refractivity contribution in [2.75, 3.05) is 27.3 Å². The second-order valence-electron chi connectivity index (χ2n) is 4.65. The van der Waals surface area contributed by atoms with Crippen LogP contribution in [-0.4, -0.2) is 44.6 Å². The van der Waals surface area contributed by atoms with E-state index in [2.05, 4.69) is 10.6 Å². The van der Waals surface area contributed by atoms with Crippen molar-refractivity contribution in [2.24, 2.45) is 0 Å². The fourth-order valence-corrected chi connectivity index (χ4v) is 1.75. The normalized spacial score (nSPS) is 11.1. The van der Waals surface area contributed by atoms with E-state index in [1.165, 1.54) is 20.4 Å². The van der Waals surface area contributed by atoms with E-state index in [-0.39, 0.29) is 11.3 Å². The predicted molar refractivity (Wildman–Crippen MR) is 84.3 cm³/mol. The van der Waals surface area contributed by atoms with Crippen LogP contribution in [0.15, 0.2) is 36.0 Å². The van der Waals surface area contributed by atoms with E-state index in [1.54, 1.807) is 24.3 Å². The number of phenolic OH excluding ortho intramolecular Hbond substituents is 1. The Bertz CT molecular complexity index is 560. The molecule has 0 aromatic heterocycles. The Labute approximate surface area is 135 Å². The van der Waals surface area contributed by atoms with Gasteiger partial charge in [-0.05, 0) is 24.1 Å². The molecule has 1 aromatic rings. The van der Waals surface area contributed by atoms with Crippen LogP contribution in [0.25, 0.3) is 0 Å². The SMILES string of the molecule is COC(CN/C=C(/C#N)C(=O)NCCc1ccc(O)cc1)OC. The number of rotatable bonds is 9. The van der Waals surface area contributed by atoms with Crippen LogP contribution in [0.4, 0.5) is 0 Å². The van der Waals surface area contributed by atoms with Gasteiger partial charge >= 0.3 is 0 Å². The van der Waals surface area contributed by atoms with Crippen molar-refractivity contribution >= 4 is 5.91 Å². The van der Waals surface area contributed by atoms with Gasteiger partial charge in [0.2, 0.25) is 0 Å². The highest BCUT2D eigenvalue weighted by molar-refractivity contribution is 5.97. The van der Waals surface area contributed by atoms with E-state index in [9.17, 15) is 9.90 Å². The lowest BCUT2D eigenvalue weighted by atomic mass is 10.1. The summed E-state index contributed by atoms with van der Waals surface area (Å²) in [6.45, 7) is 0.709. The highest BCUT2D eigenvalue weighted by Crippen LogP contribution is 2.09. The van der Waals surface area contributed by atoms with Gasteiger partial charge in [-0.3, -0.25) is 4.79 Å². The second-order valence-corrected chi connectivity index (χ2v) is 4.65. The number of phenols is 1. The van der Waals surface area contributed by atoms with Crippen LogP contribution in [0.1, 0.15) is 5.56 Å². The fraction of sp³-hybridized carbons (Fsp3) is 0.375. The molecule has 0 spiro atoms. The summed E-state index contributed by atoms with van der Waals surface area (Å²) in [5.41, 5.74) is 0.952. The van der Waals surface area contributed by atoms with E-state index < -0.39 is 12.2 Å². The minimum atomic E-state index is -0.455. The average molecular weight is 319 g/mol. The molecule has 0 aliphatic carbocycles. The Hall–Kier alpha value is -2.56. The Morgan fingerprint density at radius 3 is 2.57 bits per heavy atom. The number of nitrogens with one attached hydrogen (secondary N) is 2. The van der Waals surface area contributed by atoms with E-state index in [0.29, 0.717) is 19.5 Å². The molecule has 124 valence electrons. The molecule has 0 bridgehead atoms. The van der Waals surface area contributed by atoms with Crippen LogP contribution in [0.5, 0.6) is 5.75 Å². The highest BCUT2D eigenvalue weighted by atomic mass is 16.7. The maximum absolute atomic E-state index is 11.9. The van der Waals surface area contributed by atoms with Gasteiger partial charge in [-0.1, -0.05) is 12.1 Å². The van der Waals surface area contributed by atoms with Crippen molar-refractivity contribution in [2.45, 2.75) is 12.7 Å². The number of carbonyl (C=O) groups excluding carboxylic acids is 1. The maximum Gasteiger partial charge on any atom is 0.263 e. The van der Waals surface area contributed by atoms with Crippen molar-refractivity contribution < 1.29 is 19.4 Å². The minimum Gasteiger partial charge on any atom is -0.508 e. The lowest BCUT2D eigenvalue weighted by molar-refractivity contribution is -0.117. The Morgan fingerprint density at radius 1 is 1.35 bits per heavy atom. The maximum atomic E-state index is 11.9. The standard InChI is InChI=1S/C16H21N3O4/c1-22-15(23-2)11-18-10-13(9-17)16(21)19-8-7-12-3-5-14(20)6-4-12/h3-6,10,15,18,20H,7-8,11H2,1-2H3,(H,19,21)/b13-10-. The molecule has 0 atom stereocenters. The Kier molecular flexibility index (Phi) is 8.21. The lowest BCUT2D eigenvalue weighted by Gasteiger charge is -2.12. The van der Waals surface area contributed by atoms with Crippen LogP contribution in [-0.2, 0) is 20.7 Å². The second kappa shape index (κ2) is 10.2. The molecule has 0 saturated heterocycles. The number of amides is 1. The first-order chi connectivity index (χ1) is 11.1. The molecule has 1 aromatic carbocycles. The third-order valence-electron chi connectivity index (χ3n) is 3.06. The molecule has 0 aliphatic rings. The van der Waals surface area contributed by atoms with E-state index >= 15 is 0 Å². The van der Waals surface area contributed by atoms with Gasteiger partial charge < -0.3 is 25.2 Å². The lowest BCUT2D eigenvalue weighted by Crippen LogP contribution is -2.30. The first-order valence-electron chi connectivity index (χ1n) is 7.06. The van der Waals surface area contributed by atoms with Crippen LogP contribution < -0.4 is 10.6 Å². The molecule has 7 nitrogen and oxygen atoms in total. The van der Waals surface area contributed by atoms with Crippen molar-refractivity contribution in [3.8, 4) is 11.8 Å². The van der Waals surface area contributed by atoms with Gasteiger partial charge in [0.25, 0.3) is 5.91 Å². The summed E-state index contributed by atoms with van der Waals surface area (Å²) in [6, 6.07) is 8.57. The Morgan fingerprint density at radius 2 is 2.00 bits per heavy atom. The minimum absolute atomic E-state index is 0.0262. The largest absolute Gasteiger partial charge is 0.508 e. The first-order valence-corrected chi connectivity index (χ1v) is 7.06. The van der Waals surface area contributed by atoms with Crippen molar-refractivity contribution in [3.63, 3.8) is 0 Å². The number of benzene rings is 1. The van der Waals surface area contributed by atoms with Gasteiger partial charge in [0, 0.05) is 27.0 Å². The fourth-order valence-electron chi connectivity index (χ4n) is 1.75. The molecule has 23 heavy (non-hydrogen) atoms. The summed E-state index contributed by atoms with van der Waals surface area (Å²) in [5, 5.41) is 23.7. The number of nitriles is 1. The molecular formula is C16H21N3O4. The molecule has 0 saturated carbocycles. The number of hydrogen-bond acceptors (Lipinski definition) is 6. The van der Waals surface area contributed by atoms with Crippen molar-refractivity contribution in [1.29, 1.82) is 5.26 Å². The summed E-state index contributed by atoms with van der Waals surface area (Å²) in [6.07, 6.45) is 1.48. The van der Waals surface area contributed by atoms with E-state index in [1.807, 2.05) is 6.07 Å². The molecule has 1 amide bonds. The number of aromatic hydroxyl groups is 1.